The highest BCUT2D eigenvalue weighted by molar-refractivity contribution is 7.11. The van der Waals surface area contributed by atoms with Crippen LogP contribution in [0.15, 0.2) is 24.4 Å². The molecule has 102 valence electrons. The molecule has 19 heavy (non-hydrogen) atoms. The van der Waals surface area contributed by atoms with E-state index in [1.165, 1.54) is 26.7 Å². The van der Waals surface area contributed by atoms with Gasteiger partial charge in [-0.1, -0.05) is 32.9 Å². The molecule has 1 aromatic carbocycles. The van der Waals surface area contributed by atoms with Crippen molar-refractivity contribution in [3.8, 4) is 0 Å². The predicted octanol–water partition coefficient (Wildman–Crippen LogP) is 4.67. The molecule has 0 aliphatic carbocycles. The van der Waals surface area contributed by atoms with E-state index in [1.807, 2.05) is 6.20 Å². The molecular weight excluding hydrogens is 252 g/mol. The first-order chi connectivity index (χ1) is 8.88. The van der Waals surface area contributed by atoms with Gasteiger partial charge in [-0.15, -0.1) is 11.3 Å². The molecule has 1 N–H and O–H groups in total. The van der Waals surface area contributed by atoms with Crippen molar-refractivity contribution < 1.29 is 0 Å². The molecule has 0 aliphatic heterocycles. The topological polar surface area (TPSA) is 24.9 Å². The number of thiazole rings is 1. The zero-order chi connectivity index (χ0) is 14.0. The van der Waals surface area contributed by atoms with E-state index in [0.29, 0.717) is 0 Å². The third-order valence-corrected chi connectivity index (χ3v) is 4.68. The summed E-state index contributed by atoms with van der Waals surface area (Å²) < 4.78 is 0. The highest BCUT2D eigenvalue weighted by Crippen LogP contribution is 2.27. The first kappa shape index (κ1) is 14.1. The number of nitrogens with zero attached hydrogens (tertiary/aromatic N) is 1. The summed E-state index contributed by atoms with van der Waals surface area (Å²) in [4.78, 5) is 5.80. The van der Waals surface area contributed by atoms with Gasteiger partial charge in [0.05, 0.1) is 11.6 Å². The van der Waals surface area contributed by atoms with Crippen LogP contribution in [0.2, 0.25) is 0 Å². The van der Waals surface area contributed by atoms with Crippen LogP contribution in [0.5, 0.6) is 0 Å². The van der Waals surface area contributed by atoms with Gasteiger partial charge in [0.25, 0.3) is 0 Å². The molecule has 1 aromatic heterocycles. The summed E-state index contributed by atoms with van der Waals surface area (Å²) in [6, 6.07) is 6.37. The fraction of sp³-hybridized carbons (Fsp3) is 0.438. The van der Waals surface area contributed by atoms with Gasteiger partial charge in [-0.3, -0.25) is 0 Å². The maximum absolute atomic E-state index is 4.52. The van der Waals surface area contributed by atoms with Gasteiger partial charge in [-0.2, -0.15) is 0 Å². The molecular formula is C16H22N2S. The number of anilines is 1. The van der Waals surface area contributed by atoms with Crippen molar-refractivity contribution in [2.45, 2.75) is 46.6 Å². The second-order valence-corrected chi connectivity index (χ2v) is 7.10. The van der Waals surface area contributed by atoms with Crippen LogP contribution >= 0.6 is 11.3 Å². The summed E-state index contributed by atoms with van der Waals surface area (Å²) >= 11 is 1.80. The molecule has 0 atom stereocenters. The standard InChI is InChI=1S/C16H22N2S/c1-11-7-6-8-14(12(11)2)17-9-13-10-18-15(19-13)16(3,4)5/h6-8,10,17H,9H2,1-5H3. The number of hydrogen-bond donors (Lipinski definition) is 1. The lowest BCUT2D eigenvalue weighted by Gasteiger charge is -2.13. The summed E-state index contributed by atoms with van der Waals surface area (Å²) in [7, 11) is 0. The first-order valence-corrected chi connectivity index (χ1v) is 7.45. The lowest BCUT2D eigenvalue weighted by molar-refractivity contribution is 0.585. The third kappa shape index (κ3) is 3.35. The molecule has 0 saturated heterocycles. The van der Waals surface area contributed by atoms with Crippen molar-refractivity contribution >= 4 is 17.0 Å². The minimum absolute atomic E-state index is 0.141. The Kier molecular flexibility index (Phi) is 3.95. The fourth-order valence-corrected chi connectivity index (χ4v) is 2.77. The summed E-state index contributed by atoms with van der Waals surface area (Å²) in [6.45, 7) is 11.8. The zero-order valence-electron chi connectivity index (χ0n) is 12.4. The minimum Gasteiger partial charge on any atom is -0.380 e. The van der Waals surface area contributed by atoms with Gasteiger partial charge < -0.3 is 5.32 Å². The van der Waals surface area contributed by atoms with Gasteiger partial charge in [-0.25, -0.2) is 4.98 Å². The van der Waals surface area contributed by atoms with Crippen LogP contribution in [0.4, 0.5) is 5.69 Å². The summed E-state index contributed by atoms with van der Waals surface area (Å²) in [5.41, 5.74) is 4.00. The second kappa shape index (κ2) is 5.33. The molecule has 2 nitrogen and oxygen atoms in total. The number of hydrogen-bond acceptors (Lipinski definition) is 3. The monoisotopic (exact) mass is 274 g/mol. The molecule has 1 heterocycles. The lowest BCUT2D eigenvalue weighted by Crippen LogP contribution is -2.09. The van der Waals surface area contributed by atoms with Gasteiger partial charge in [0.2, 0.25) is 0 Å². The molecule has 3 heteroatoms. The van der Waals surface area contributed by atoms with Gasteiger partial charge in [0, 0.05) is 22.2 Å². The van der Waals surface area contributed by atoms with Gasteiger partial charge in [-0.05, 0) is 31.0 Å². The van der Waals surface area contributed by atoms with Crippen LogP contribution in [0.3, 0.4) is 0 Å². The van der Waals surface area contributed by atoms with Crippen LogP contribution < -0.4 is 5.32 Å². The molecule has 0 spiro atoms. The largest absolute Gasteiger partial charge is 0.380 e. The van der Waals surface area contributed by atoms with E-state index >= 15 is 0 Å². The lowest BCUT2D eigenvalue weighted by atomic mass is 9.98. The highest BCUT2D eigenvalue weighted by atomic mass is 32.1. The number of rotatable bonds is 3. The van der Waals surface area contributed by atoms with Crippen LogP contribution in [-0.4, -0.2) is 4.98 Å². The molecule has 0 saturated carbocycles. The SMILES string of the molecule is Cc1cccc(NCc2cnc(C(C)(C)C)s2)c1C. The Morgan fingerprint density at radius 3 is 2.58 bits per heavy atom. The van der Waals surface area contributed by atoms with Crippen molar-refractivity contribution in [1.29, 1.82) is 0 Å². The Hall–Kier alpha value is -1.35. The van der Waals surface area contributed by atoms with Gasteiger partial charge in [0.1, 0.15) is 0 Å². The smallest absolute Gasteiger partial charge is 0.0981 e. The van der Waals surface area contributed by atoms with Crippen molar-refractivity contribution in [3.05, 3.63) is 45.4 Å². The Balaban J connectivity index is 2.07. The number of aryl methyl sites for hydroxylation is 1. The Labute approximate surface area is 119 Å². The molecule has 0 amide bonds. The Morgan fingerprint density at radius 1 is 1.21 bits per heavy atom. The van der Waals surface area contributed by atoms with E-state index in [0.717, 1.165) is 6.54 Å². The van der Waals surface area contributed by atoms with E-state index in [2.05, 4.69) is 63.1 Å². The summed E-state index contributed by atoms with van der Waals surface area (Å²) in [5, 5.41) is 4.70. The Morgan fingerprint density at radius 2 is 1.95 bits per heavy atom. The number of aromatic nitrogens is 1. The van der Waals surface area contributed by atoms with Crippen LogP contribution in [0.1, 0.15) is 41.8 Å². The maximum Gasteiger partial charge on any atom is 0.0981 e. The molecule has 0 fully saturated rings. The number of nitrogens with one attached hydrogen (secondary N) is 1. The molecule has 0 radical (unpaired) electrons. The van der Waals surface area contributed by atoms with Crippen LogP contribution in [0, 0.1) is 13.8 Å². The van der Waals surface area contributed by atoms with E-state index in [1.54, 1.807) is 11.3 Å². The minimum atomic E-state index is 0.141. The fourth-order valence-electron chi connectivity index (χ4n) is 1.86. The van der Waals surface area contributed by atoms with Crippen molar-refractivity contribution in [3.63, 3.8) is 0 Å². The maximum atomic E-state index is 4.52. The molecule has 0 aliphatic rings. The highest BCUT2D eigenvalue weighted by Gasteiger charge is 2.17. The van der Waals surface area contributed by atoms with Gasteiger partial charge in [0.15, 0.2) is 0 Å². The van der Waals surface area contributed by atoms with E-state index in [-0.39, 0.29) is 5.41 Å². The average Bonchev–Trinajstić information content (AvgIpc) is 2.79. The molecule has 2 aromatic rings. The van der Waals surface area contributed by atoms with Gasteiger partial charge >= 0.3 is 0 Å². The van der Waals surface area contributed by atoms with Crippen LogP contribution in [0.25, 0.3) is 0 Å². The molecule has 0 bridgehead atoms. The summed E-state index contributed by atoms with van der Waals surface area (Å²) in [5.74, 6) is 0. The average molecular weight is 274 g/mol. The second-order valence-electron chi connectivity index (χ2n) is 5.98. The Bertz CT molecular complexity index is 564. The normalized spacial score (nSPS) is 11.6. The van der Waals surface area contributed by atoms with Crippen molar-refractivity contribution in [2.24, 2.45) is 0 Å². The summed E-state index contributed by atoms with van der Waals surface area (Å²) in [6.07, 6.45) is 1.99. The van der Waals surface area contributed by atoms with Crippen molar-refractivity contribution in [2.75, 3.05) is 5.32 Å². The molecule has 2 rings (SSSR count). The first-order valence-electron chi connectivity index (χ1n) is 6.63. The van der Waals surface area contributed by atoms with E-state index in [9.17, 15) is 0 Å². The zero-order valence-corrected chi connectivity index (χ0v) is 13.2. The van der Waals surface area contributed by atoms with Crippen LogP contribution in [-0.2, 0) is 12.0 Å². The quantitative estimate of drug-likeness (QED) is 0.879. The van der Waals surface area contributed by atoms with E-state index in [4.69, 9.17) is 0 Å². The molecule has 0 unspecified atom stereocenters. The van der Waals surface area contributed by atoms with Crippen molar-refractivity contribution in [1.82, 2.24) is 4.98 Å². The predicted molar refractivity (Wildman–Crippen MR) is 84.1 cm³/mol. The third-order valence-electron chi connectivity index (χ3n) is 3.25. The number of benzene rings is 1. The van der Waals surface area contributed by atoms with E-state index < -0.39 is 0 Å².